The summed E-state index contributed by atoms with van der Waals surface area (Å²) in [5.74, 6) is -0.534. The van der Waals surface area contributed by atoms with E-state index in [1.807, 2.05) is 25.1 Å². The molecule has 4 atom stereocenters. The molecule has 0 fully saturated rings. The summed E-state index contributed by atoms with van der Waals surface area (Å²) in [5, 5.41) is 23.3. The van der Waals surface area contributed by atoms with Crippen LogP contribution >= 0.6 is 0 Å². The molecular weight excluding hydrogens is 424 g/mol. The molecule has 2 aliphatic rings. The molecule has 2 amide bonds. The highest BCUT2D eigenvalue weighted by atomic mass is 16.5. The van der Waals surface area contributed by atoms with E-state index in [0.29, 0.717) is 17.7 Å². The summed E-state index contributed by atoms with van der Waals surface area (Å²) >= 11 is 0. The van der Waals surface area contributed by atoms with Gasteiger partial charge in [-0.3, -0.25) is 9.59 Å². The fourth-order valence-corrected chi connectivity index (χ4v) is 4.42. The van der Waals surface area contributed by atoms with Gasteiger partial charge in [0, 0.05) is 29.8 Å². The first kappa shape index (κ1) is 22.8. The third-order valence-electron chi connectivity index (χ3n) is 5.95. The second-order valence-corrected chi connectivity index (χ2v) is 8.09. The lowest BCUT2D eigenvalue weighted by Gasteiger charge is -2.40. The van der Waals surface area contributed by atoms with Crippen LogP contribution in [0.15, 0.2) is 71.1 Å². The highest BCUT2D eigenvalue weighted by Gasteiger charge is 2.50. The van der Waals surface area contributed by atoms with Crippen molar-refractivity contribution in [3.05, 3.63) is 77.8 Å². The van der Waals surface area contributed by atoms with Crippen LogP contribution in [0.4, 0.5) is 0 Å². The minimum Gasteiger partial charge on any atom is -0.486 e. The lowest BCUT2D eigenvalue weighted by Crippen LogP contribution is -2.55. The number of benzene rings is 1. The molecule has 174 valence electrons. The number of nitrogens with one attached hydrogen (secondary N) is 1. The fourth-order valence-electron chi connectivity index (χ4n) is 4.42. The number of para-hydroxylation sites is 1. The largest absolute Gasteiger partial charge is 0.486 e. The Bertz CT molecular complexity index is 1040. The SMILES string of the molecule is CCC=CC(=O)N(Cc1ccoc1)C1C=C(C(=O)NCCO)C2c3ccccc3OC2C1O. The number of furan rings is 1. The predicted octanol–water partition coefficient (Wildman–Crippen LogP) is 1.90. The van der Waals surface area contributed by atoms with Gasteiger partial charge in [-0.25, -0.2) is 0 Å². The van der Waals surface area contributed by atoms with Crippen LogP contribution in [0.2, 0.25) is 0 Å². The molecule has 8 nitrogen and oxygen atoms in total. The maximum absolute atomic E-state index is 13.1. The first-order valence-electron chi connectivity index (χ1n) is 11.1. The Balaban J connectivity index is 1.75. The molecule has 1 aromatic heterocycles. The smallest absolute Gasteiger partial charge is 0.247 e. The van der Waals surface area contributed by atoms with Gasteiger partial charge in [-0.05, 0) is 30.7 Å². The summed E-state index contributed by atoms with van der Waals surface area (Å²) in [6.45, 7) is 2.02. The van der Waals surface area contributed by atoms with Crippen molar-refractivity contribution in [2.24, 2.45) is 0 Å². The van der Waals surface area contributed by atoms with Gasteiger partial charge in [-0.2, -0.15) is 0 Å². The third-order valence-corrected chi connectivity index (χ3v) is 5.95. The highest BCUT2D eigenvalue weighted by molar-refractivity contribution is 5.96. The van der Waals surface area contributed by atoms with E-state index in [1.165, 1.54) is 17.2 Å². The number of allylic oxidation sites excluding steroid dienone is 1. The van der Waals surface area contributed by atoms with Gasteiger partial charge < -0.3 is 29.6 Å². The molecule has 1 aliphatic carbocycles. The van der Waals surface area contributed by atoms with Crippen LogP contribution < -0.4 is 10.1 Å². The molecule has 8 heteroatoms. The van der Waals surface area contributed by atoms with Gasteiger partial charge in [-0.1, -0.05) is 31.2 Å². The lowest BCUT2D eigenvalue weighted by atomic mass is 9.77. The second-order valence-electron chi connectivity index (χ2n) is 8.09. The number of rotatable bonds is 8. The fraction of sp³-hybridized carbons (Fsp3) is 0.360. The molecule has 0 bridgehead atoms. The van der Waals surface area contributed by atoms with E-state index in [4.69, 9.17) is 9.15 Å². The standard InChI is InChI=1S/C25H28N2O6/c1-2-3-8-21(29)27(14-16-9-12-32-15-16)19-13-18(25(31)26-10-11-28)22-17-6-4-5-7-20(17)33-24(22)23(19)30/h3-9,12-13,15,19,22-24,28,30H,2,10-11,14H2,1H3,(H,26,31). The summed E-state index contributed by atoms with van der Waals surface area (Å²) in [6, 6.07) is 8.31. The zero-order valence-corrected chi connectivity index (χ0v) is 18.4. The predicted molar refractivity (Wildman–Crippen MR) is 120 cm³/mol. The van der Waals surface area contributed by atoms with Crippen molar-refractivity contribution < 1.29 is 29.0 Å². The Morgan fingerprint density at radius 3 is 2.79 bits per heavy atom. The van der Waals surface area contributed by atoms with Crippen LogP contribution in [-0.4, -0.2) is 58.3 Å². The molecule has 2 heterocycles. The topological polar surface area (TPSA) is 112 Å². The number of amides is 2. The first-order valence-corrected chi connectivity index (χ1v) is 11.1. The van der Waals surface area contributed by atoms with E-state index in [0.717, 1.165) is 11.1 Å². The van der Waals surface area contributed by atoms with Gasteiger partial charge in [0.1, 0.15) is 18.0 Å². The molecule has 0 radical (unpaired) electrons. The average Bonchev–Trinajstić information content (AvgIpc) is 3.48. The quantitative estimate of drug-likeness (QED) is 0.528. The Morgan fingerprint density at radius 2 is 2.06 bits per heavy atom. The van der Waals surface area contributed by atoms with Crippen molar-refractivity contribution in [1.82, 2.24) is 10.2 Å². The van der Waals surface area contributed by atoms with Crippen molar-refractivity contribution in [2.75, 3.05) is 13.2 Å². The van der Waals surface area contributed by atoms with Crippen molar-refractivity contribution in [1.29, 1.82) is 0 Å². The molecule has 4 rings (SSSR count). The number of aliphatic hydroxyl groups excluding tert-OH is 2. The first-order chi connectivity index (χ1) is 16.0. The van der Waals surface area contributed by atoms with Gasteiger partial charge in [-0.15, -0.1) is 0 Å². The molecule has 0 spiro atoms. The molecule has 33 heavy (non-hydrogen) atoms. The Labute approximate surface area is 192 Å². The zero-order valence-electron chi connectivity index (χ0n) is 18.4. The van der Waals surface area contributed by atoms with Crippen molar-refractivity contribution >= 4 is 11.8 Å². The number of hydrogen-bond donors (Lipinski definition) is 3. The van der Waals surface area contributed by atoms with Gasteiger partial charge in [0.2, 0.25) is 11.8 Å². The average molecular weight is 453 g/mol. The number of aliphatic hydroxyl groups is 2. The molecule has 1 aromatic carbocycles. The van der Waals surface area contributed by atoms with Gasteiger partial charge in [0.05, 0.1) is 31.1 Å². The van der Waals surface area contributed by atoms with E-state index in [-0.39, 0.29) is 31.5 Å². The van der Waals surface area contributed by atoms with Crippen LogP contribution in [-0.2, 0) is 16.1 Å². The molecule has 4 unspecified atom stereocenters. The molecule has 2 aromatic rings. The van der Waals surface area contributed by atoms with Crippen molar-refractivity contribution in [3.8, 4) is 5.75 Å². The zero-order chi connectivity index (χ0) is 23.4. The van der Waals surface area contributed by atoms with Crippen LogP contribution in [0.3, 0.4) is 0 Å². The molecule has 0 saturated heterocycles. The summed E-state index contributed by atoms with van der Waals surface area (Å²) < 4.78 is 11.2. The van der Waals surface area contributed by atoms with E-state index in [2.05, 4.69) is 5.32 Å². The summed E-state index contributed by atoms with van der Waals surface area (Å²) in [4.78, 5) is 27.7. The Morgan fingerprint density at radius 1 is 1.24 bits per heavy atom. The number of fused-ring (bicyclic) bond motifs is 3. The van der Waals surface area contributed by atoms with E-state index < -0.39 is 24.2 Å². The molecule has 0 saturated carbocycles. The summed E-state index contributed by atoms with van der Waals surface area (Å²) in [5.41, 5.74) is 1.97. The van der Waals surface area contributed by atoms with E-state index >= 15 is 0 Å². The van der Waals surface area contributed by atoms with Crippen LogP contribution in [0, 0.1) is 0 Å². The number of ether oxygens (including phenoxy) is 1. The monoisotopic (exact) mass is 452 g/mol. The number of carbonyl (C=O) groups excluding carboxylic acids is 2. The normalized spacial score (nSPS) is 23.4. The van der Waals surface area contributed by atoms with Crippen molar-refractivity contribution in [3.63, 3.8) is 0 Å². The van der Waals surface area contributed by atoms with Crippen molar-refractivity contribution in [2.45, 2.75) is 44.1 Å². The number of hydrogen-bond acceptors (Lipinski definition) is 6. The minimum atomic E-state index is -1.07. The maximum Gasteiger partial charge on any atom is 0.247 e. The Kier molecular flexibility index (Phi) is 6.96. The van der Waals surface area contributed by atoms with Crippen LogP contribution in [0.25, 0.3) is 0 Å². The summed E-state index contributed by atoms with van der Waals surface area (Å²) in [6.07, 6.45) is 6.83. The van der Waals surface area contributed by atoms with Gasteiger partial charge in [0.25, 0.3) is 0 Å². The Hall–Kier alpha value is -3.36. The number of nitrogens with zero attached hydrogens (tertiary/aromatic N) is 1. The van der Waals surface area contributed by atoms with Gasteiger partial charge >= 0.3 is 0 Å². The lowest BCUT2D eigenvalue weighted by molar-refractivity contribution is -0.133. The molecule has 1 aliphatic heterocycles. The van der Waals surface area contributed by atoms with Crippen LogP contribution in [0.1, 0.15) is 30.4 Å². The van der Waals surface area contributed by atoms with Gasteiger partial charge in [0.15, 0.2) is 0 Å². The molecule has 3 N–H and O–H groups in total. The number of carbonyl (C=O) groups is 2. The minimum absolute atomic E-state index is 0.0974. The highest BCUT2D eigenvalue weighted by Crippen LogP contribution is 2.47. The third kappa shape index (κ3) is 4.58. The van der Waals surface area contributed by atoms with E-state index in [1.54, 1.807) is 30.5 Å². The summed E-state index contributed by atoms with van der Waals surface area (Å²) in [7, 11) is 0. The maximum atomic E-state index is 13.1. The van der Waals surface area contributed by atoms with Crippen LogP contribution in [0.5, 0.6) is 5.75 Å². The second kappa shape index (κ2) is 10.1. The molecular formula is C25H28N2O6. The van der Waals surface area contributed by atoms with E-state index in [9.17, 15) is 19.8 Å².